The zero-order valence-corrected chi connectivity index (χ0v) is 20.6. The van der Waals surface area contributed by atoms with Gasteiger partial charge in [0.05, 0.1) is 25.3 Å². The van der Waals surface area contributed by atoms with Gasteiger partial charge in [0.25, 0.3) is 0 Å². The molecule has 0 saturated heterocycles. The molecule has 2 amide bonds. The van der Waals surface area contributed by atoms with Gasteiger partial charge < -0.3 is 24.7 Å². The lowest BCUT2D eigenvalue weighted by atomic mass is 9.95. The van der Waals surface area contributed by atoms with Crippen LogP contribution in [0.25, 0.3) is 11.4 Å². The van der Waals surface area contributed by atoms with Gasteiger partial charge in [-0.3, -0.25) is 0 Å². The van der Waals surface area contributed by atoms with Gasteiger partial charge in [-0.1, -0.05) is 54.2 Å². The highest BCUT2D eigenvalue weighted by atomic mass is 32.2. The predicted octanol–water partition coefficient (Wildman–Crippen LogP) is 3.94. The zero-order valence-electron chi connectivity index (χ0n) is 19.8. The Hall–Kier alpha value is -3.79. The monoisotopic (exact) mass is 493 g/mol. The SMILES string of the molecule is CCOC(=O)C1=C(CSc2nnc(-c3ccccc3)n2CC)NC(=O)N[C@@H]1c1ccc(OC)cc1. The number of hydrogen-bond donors (Lipinski definition) is 2. The maximum Gasteiger partial charge on any atom is 0.338 e. The Labute approximate surface area is 207 Å². The molecule has 4 rings (SSSR count). The van der Waals surface area contributed by atoms with E-state index >= 15 is 0 Å². The molecule has 1 aromatic heterocycles. The largest absolute Gasteiger partial charge is 0.497 e. The number of nitrogens with one attached hydrogen (secondary N) is 2. The number of amides is 2. The van der Waals surface area contributed by atoms with Crippen LogP contribution < -0.4 is 15.4 Å². The van der Waals surface area contributed by atoms with E-state index in [2.05, 4.69) is 20.8 Å². The van der Waals surface area contributed by atoms with E-state index in [-0.39, 0.29) is 6.61 Å². The van der Waals surface area contributed by atoms with Crippen molar-refractivity contribution in [3.63, 3.8) is 0 Å². The van der Waals surface area contributed by atoms with E-state index in [0.717, 1.165) is 17.0 Å². The number of esters is 1. The van der Waals surface area contributed by atoms with Gasteiger partial charge in [0.1, 0.15) is 5.75 Å². The standard InChI is InChI=1S/C25H27N5O4S/c1-4-30-22(17-9-7-6-8-10-17)28-29-25(30)35-15-19-20(23(31)34-5-2)21(27-24(32)26-19)16-11-13-18(33-3)14-12-16/h6-14,21H,4-5,15H2,1-3H3,(H2,26,27,32)/t21-/m1/s1. The fourth-order valence-electron chi connectivity index (χ4n) is 3.85. The smallest absolute Gasteiger partial charge is 0.338 e. The van der Waals surface area contributed by atoms with Crippen LogP contribution >= 0.6 is 11.8 Å². The van der Waals surface area contributed by atoms with Crippen LogP contribution in [0.4, 0.5) is 4.79 Å². The number of carbonyl (C=O) groups is 2. The first-order valence-corrected chi connectivity index (χ1v) is 12.3. The van der Waals surface area contributed by atoms with Gasteiger partial charge in [-0.25, -0.2) is 9.59 Å². The number of hydrogen-bond acceptors (Lipinski definition) is 7. The Morgan fingerprint density at radius 2 is 1.83 bits per heavy atom. The number of rotatable bonds is 9. The summed E-state index contributed by atoms with van der Waals surface area (Å²) in [5.74, 6) is 1.26. The first kappa shape index (κ1) is 24.3. The van der Waals surface area contributed by atoms with Crippen LogP contribution in [-0.4, -0.2) is 46.2 Å². The lowest BCUT2D eigenvalue weighted by Gasteiger charge is -2.29. The summed E-state index contributed by atoms with van der Waals surface area (Å²) in [7, 11) is 1.58. The van der Waals surface area contributed by atoms with Crippen LogP contribution in [0.15, 0.2) is 71.0 Å². The Balaban J connectivity index is 1.67. The number of thioether (sulfide) groups is 1. The molecule has 3 aromatic rings. The second kappa shape index (κ2) is 11.1. The summed E-state index contributed by atoms with van der Waals surface area (Å²) in [6.45, 7) is 4.66. The molecule has 0 unspecified atom stereocenters. The van der Waals surface area contributed by atoms with Crippen LogP contribution in [0.2, 0.25) is 0 Å². The molecule has 0 spiro atoms. The molecule has 182 valence electrons. The van der Waals surface area contributed by atoms with Gasteiger partial charge in [0.2, 0.25) is 0 Å². The molecule has 2 heterocycles. The molecule has 0 aliphatic carbocycles. The van der Waals surface area contributed by atoms with Crippen molar-refractivity contribution >= 4 is 23.8 Å². The quantitative estimate of drug-likeness (QED) is 0.343. The summed E-state index contributed by atoms with van der Waals surface area (Å²) in [6.07, 6.45) is 0. The van der Waals surface area contributed by atoms with Crippen molar-refractivity contribution in [2.24, 2.45) is 0 Å². The van der Waals surface area contributed by atoms with Crippen molar-refractivity contribution in [1.82, 2.24) is 25.4 Å². The molecular weight excluding hydrogens is 466 g/mol. The van der Waals surface area contributed by atoms with E-state index in [4.69, 9.17) is 9.47 Å². The minimum absolute atomic E-state index is 0.219. The number of aromatic nitrogens is 3. The van der Waals surface area contributed by atoms with Crippen LogP contribution in [-0.2, 0) is 16.1 Å². The molecule has 1 aliphatic rings. The first-order valence-electron chi connectivity index (χ1n) is 11.3. The van der Waals surface area contributed by atoms with E-state index in [9.17, 15) is 9.59 Å². The lowest BCUT2D eigenvalue weighted by Crippen LogP contribution is -2.46. The molecule has 2 N–H and O–H groups in total. The minimum atomic E-state index is -0.659. The van der Waals surface area contributed by atoms with Crippen LogP contribution in [0.1, 0.15) is 25.5 Å². The van der Waals surface area contributed by atoms with E-state index in [1.807, 2.05) is 54.0 Å². The summed E-state index contributed by atoms with van der Waals surface area (Å²) < 4.78 is 12.6. The summed E-state index contributed by atoms with van der Waals surface area (Å²) >= 11 is 1.40. The van der Waals surface area contributed by atoms with Gasteiger partial charge in [-0.15, -0.1) is 10.2 Å². The molecule has 0 saturated carbocycles. The van der Waals surface area contributed by atoms with Gasteiger partial charge in [0.15, 0.2) is 11.0 Å². The summed E-state index contributed by atoms with van der Waals surface area (Å²) in [5, 5.41) is 15.1. The number of methoxy groups -OCH3 is 1. The highest BCUT2D eigenvalue weighted by Crippen LogP contribution is 2.32. The predicted molar refractivity (Wildman–Crippen MR) is 133 cm³/mol. The fraction of sp³-hybridized carbons (Fsp3) is 0.280. The third-order valence-electron chi connectivity index (χ3n) is 5.51. The molecule has 1 atom stereocenters. The van der Waals surface area contributed by atoms with Gasteiger partial charge >= 0.3 is 12.0 Å². The molecule has 0 fully saturated rings. The first-order chi connectivity index (χ1) is 17.0. The average Bonchev–Trinajstić information content (AvgIpc) is 3.30. The average molecular weight is 494 g/mol. The minimum Gasteiger partial charge on any atom is -0.497 e. The number of ether oxygens (including phenoxy) is 2. The van der Waals surface area contributed by atoms with Crippen molar-refractivity contribution in [1.29, 1.82) is 0 Å². The van der Waals surface area contributed by atoms with Crippen LogP contribution in [0.5, 0.6) is 5.75 Å². The summed E-state index contributed by atoms with van der Waals surface area (Å²) in [5.41, 5.74) is 2.55. The lowest BCUT2D eigenvalue weighted by molar-refractivity contribution is -0.139. The molecule has 0 bridgehead atoms. The fourth-order valence-corrected chi connectivity index (χ4v) is 4.82. The highest BCUT2D eigenvalue weighted by Gasteiger charge is 2.34. The van der Waals surface area contributed by atoms with E-state index in [1.165, 1.54) is 11.8 Å². The van der Waals surface area contributed by atoms with Crippen LogP contribution in [0, 0.1) is 0 Å². The van der Waals surface area contributed by atoms with E-state index in [0.29, 0.717) is 34.5 Å². The highest BCUT2D eigenvalue weighted by molar-refractivity contribution is 7.99. The van der Waals surface area contributed by atoms with Gasteiger partial charge in [-0.2, -0.15) is 0 Å². The molecule has 9 nitrogen and oxygen atoms in total. The number of nitrogens with zero attached hydrogens (tertiary/aromatic N) is 3. The van der Waals surface area contributed by atoms with Crippen molar-refractivity contribution in [2.75, 3.05) is 19.5 Å². The van der Waals surface area contributed by atoms with E-state index < -0.39 is 18.0 Å². The van der Waals surface area contributed by atoms with Crippen molar-refractivity contribution in [3.05, 3.63) is 71.4 Å². The second-order valence-corrected chi connectivity index (χ2v) is 8.56. The zero-order chi connectivity index (χ0) is 24.8. The third kappa shape index (κ3) is 5.32. The molecule has 1 aliphatic heterocycles. The topological polar surface area (TPSA) is 107 Å². The van der Waals surface area contributed by atoms with Crippen molar-refractivity contribution < 1.29 is 19.1 Å². The Morgan fingerprint density at radius 1 is 1.09 bits per heavy atom. The van der Waals surface area contributed by atoms with Crippen LogP contribution in [0.3, 0.4) is 0 Å². The summed E-state index contributed by atoms with van der Waals surface area (Å²) in [6, 6.07) is 16.0. The van der Waals surface area contributed by atoms with Gasteiger partial charge in [0, 0.05) is 23.6 Å². The Kier molecular flexibility index (Phi) is 7.71. The molecule has 35 heavy (non-hydrogen) atoms. The molecule has 2 aromatic carbocycles. The third-order valence-corrected chi connectivity index (χ3v) is 6.50. The van der Waals surface area contributed by atoms with Crippen molar-refractivity contribution in [3.8, 4) is 17.1 Å². The Bertz CT molecular complexity index is 1220. The van der Waals surface area contributed by atoms with Crippen molar-refractivity contribution in [2.45, 2.75) is 31.6 Å². The summed E-state index contributed by atoms with van der Waals surface area (Å²) in [4.78, 5) is 25.6. The molecular formula is C25H27N5O4S. The molecule has 0 radical (unpaired) electrons. The number of benzene rings is 2. The van der Waals surface area contributed by atoms with Gasteiger partial charge in [-0.05, 0) is 31.5 Å². The van der Waals surface area contributed by atoms with E-state index in [1.54, 1.807) is 26.2 Å². The number of urea groups is 1. The normalized spacial score (nSPS) is 15.4. The molecule has 10 heteroatoms. The maximum atomic E-state index is 13.0. The number of carbonyl (C=O) groups excluding carboxylic acids is 2. The maximum absolute atomic E-state index is 13.0. The Morgan fingerprint density at radius 3 is 2.49 bits per heavy atom. The second-order valence-electron chi connectivity index (χ2n) is 7.62.